The van der Waals surface area contributed by atoms with Gasteiger partial charge in [-0.2, -0.15) is 0 Å². The number of hydrogen-bond acceptors (Lipinski definition) is 4. The molecular weight excluding hydrogens is 218 g/mol. The van der Waals surface area contributed by atoms with Crippen molar-refractivity contribution in [2.24, 2.45) is 5.92 Å². The van der Waals surface area contributed by atoms with Crippen LogP contribution in [0, 0.1) is 5.92 Å². The van der Waals surface area contributed by atoms with Gasteiger partial charge in [0, 0.05) is 39.8 Å². The lowest BCUT2D eigenvalue weighted by atomic mass is 9.98. The molecule has 17 heavy (non-hydrogen) atoms. The Morgan fingerprint density at radius 1 is 1.47 bits per heavy atom. The van der Waals surface area contributed by atoms with Crippen LogP contribution in [0.4, 0.5) is 0 Å². The van der Waals surface area contributed by atoms with Crippen LogP contribution in [-0.2, 0) is 9.53 Å². The van der Waals surface area contributed by atoms with E-state index in [0.717, 1.165) is 45.8 Å². The molecule has 5 heteroatoms. The summed E-state index contributed by atoms with van der Waals surface area (Å²) in [7, 11) is 1.73. The van der Waals surface area contributed by atoms with Gasteiger partial charge in [0.15, 0.2) is 0 Å². The molecule has 0 aromatic rings. The van der Waals surface area contributed by atoms with E-state index >= 15 is 0 Å². The molecule has 0 saturated carbocycles. The number of nitrogens with one attached hydrogen (secondary N) is 2. The molecule has 2 unspecified atom stereocenters. The van der Waals surface area contributed by atoms with Crippen LogP contribution in [0.5, 0.6) is 0 Å². The Morgan fingerprint density at radius 3 is 3.06 bits per heavy atom. The maximum atomic E-state index is 12.3. The van der Waals surface area contributed by atoms with E-state index in [0.29, 0.717) is 5.92 Å². The van der Waals surface area contributed by atoms with Gasteiger partial charge in [0.05, 0.1) is 12.6 Å². The van der Waals surface area contributed by atoms with Crippen molar-refractivity contribution in [2.45, 2.75) is 18.9 Å². The van der Waals surface area contributed by atoms with Crippen molar-refractivity contribution < 1.29 is 9.53 Å². The zero-order chi connectivity index (χ0) is 12.1. The summed E-state index contributed by atoms with van der Waals surface area (Å²) in [5, 5.41) is 6.53. The zero-order valence-electron chi connectivity index (χ0n) is 10.6. The minimum Gasteiger partial charge on any atom is -0.384 e. The Labute approximate surface area is 103 Å². The molecule has 0 aromatic heterocycles. The molecule has 5 nitrogen and oxygen atoms in total. The third-order valence-electron chi connectivity index (χ3n) is 3.57. The van der Waals surface area contributed by atoms with Crippen molar-refractivity contribution in [1.82, 2.24) is 15.5 Å². The molecule has 2 aliphatic heterocycles. The minimum absolute atomic E-state index is 0.0370. The summed E-state index contributed by atoms with van der Waals surface area (Å²) in [6.45, 7) is 5.11. The summed E-state index contributed by atoms with van der Waals surface area (Å²) in [6, 6.07) is -0.0370. The van der Waals surface area contributed by atoms with E-state index in [4.69, 9.17) is 4.74 Å². The highest BCUT2D eigenvalue weighted by Gasteiger charge is 2.29. The number of piperazine rings is 1. The summed E-state index contributed by atoms with van der Waals surface area (Å²) in [5.41, 5.74) is 0. The number of rotatable bonds is 3. The van der Waals surface area contributed by atoms with E-state index in [2.05, 4.69) is 10.6 Å². The number of methoxy groups -OCH3 is 1. The maximum absolute atomic E-state index is 12.3. The molecule has 98 valence electrons. The highest BCUT2D eigenvalue weighted by Crippen LogP contribution is 2.17. The smallest absolute Gasteiger partial charge is 0.241 e. The second kappa shape index (κ2) is 6.33. The third-order valence-corrected chi connectivity index (χ3v) is 3.57. The van der Waals surface area contributed by atoms with E-state index in [1.807, 2.05) is 4.90 Å². The Hall–Kier alpha value is -0.650. The summed E-state index contributed by atoms with van der Waals surface area (Å²) in [4.78, 5) is 14.3. The molecule has 0 radical (unpaired) electrons. The SMILES string of the molecule is COCC1CCCN(C(=O)C2CNCCN2)C1. The van der Waals surface area contributed by atoms with Gasteiger partial charge in [-0.25, -0.2) is 0 Å². The van der Waals surface area contributed by atoms with Crippen molar-refractivity contribution in [3.8, 4) is 0 Å². The highest BCUT2D eigenvalue weighted by atomic mass is 16.5. The average molecular weight is 241 g/mol. The van der Waals surface area contributed by atoms with Crippen molar-refractivity contribution in [1.29, 1.82) is 0 Å². The summed E-state index contributed by atoms with van der Waals surface area (Å²) >= 11 is 0. The van der Waals surface area contributed by atoms with Crippen molar-refractivity contribution in [2.75, 3.05) is 46.4 Å². The van der Waals surface area contributed by atoms with Crippen LogP contribution in [0.2, 0.25) is 0 Å². The van der Waals surface area contributed by atoms with Gasteiger partial charge in [-0.15, -0.1) is 0 Å². The van der Waals surface area contributed by atoms with E-state index in [-0.39, 0.29) is 11.9 Å². The summed E-state index contributed by atoms with van der Waals surface area (Å²) < 4.78 is 5.19. The molecule has 0 spiro atoms. The molecule has 0 aromatic carbocycles. The fourth-order valence-electron chi connectivity index (χ4n) is 2.69. The number of carbonyl (C=O) groups is 1. The Balaban J connectivity index is 1.85. The second-order valence-corrected chi connectivity index (χ2v) is 4.96. The Morgan fingerprint density at radius 2 is 2.35 bits per heavy atom. The Bertz CT molecular complexity index is 252. The largest absolute Gasteiger partial charge is 0.384 e. The van der Waals surface area contributed by atoms with Crippen LogP contribution in [0.1, 0.15) is 12.8 Å². The van der Waals surface area contributed by atoms with Gasteiger partial charge in [0.1, 0.15) is 0 Å². The van der Waals surface area contributed by atoms with Gasteiger partial charge >= 0.3 is 0 Å². The quantitative estimate of drug-likeness (QED) is 0.695. The number of hydrogen-bond donors (Lipinski definition) is 2. The lowest BCUT2D eigenvalue weighted by Crippen LogP contribution is -2.58. The number of amides is 1. The van der Waals surface area contributed by atoms with Crippen LogP contribution in [-0.4, -0.2) is 63.3 Å². The molecular formula is C12H23N3O2. The predicted molar refractivity (Wildman–Crippen MR) is 65.8 cm³/mol. The summed E-state index contributed by atoms with van der Waals surface area (Å²) in [5.74, 6) is 0.757. The number of carbonyl (C=O) groups excluding carboxylic acids is 1. The van der Waals surface area contributed by atoms with Crippen molar-refractivity contribution >= 4 is 5.91 Å². The molecule has 2 fully saturated rings. The minimum atomic E-state index is -0.0370. The van der Waals surface area contributed by atoms with Gasteiger partial charge in [0.2, 0.25) is 5.91 Å². The van der Waals surface area contributed by atoms with Crippen LogP contribution in [0.3, 0.4) is 0 Å². The Kier molecular flexibility index (Phi) is 4.76. The fourth-order valence-corrected chi connectivity index (χ4v) is 2.69. The number of piperidine rings is 1. The summed E-state index contributed by atoms with van der Waals surface area (Å²) in [6.07, 6.45) is 2.27. The van der Waals surface area contributed by atoms with Gasteiger partial charge < -0.3 is 20.3 Å². The van der Waals surface area contributed by atoms with Crippen molar-refractivity contribution in [3.63, 3.8) is 0 Å². The second-order valence-electron chi connectivity index (χ2n) is 4.96. The van der Waals surface area contributed by atoms with Crippen LogP contribution >= 0.6 is 0 Å². The molecule has 2 atom stereocenters. The topological polar surface area (TPSA) is 53.6 Å². The van der Waals surface area contributed by atoms with E-state index < -0.39 is 0 Å². The monoisotopic (exact) mass is 241 g/mol. The normalized spacial score (nSPS) is 30.3. The van der Waals surface area contributed by atoms with Crippen LogP contribution < -0.4 is 10.6 Å². The molecule has 2 aliphatic rings. The average Bonchev–Trinajstić information content (AvgIpc) is 2.40. The molecule has 0 aliphatic carbocycles. The molecule has 2 heterocycles. The first-order valence-corrected chi connectivity index (χ1v) is 6.53. The lowest BCUT2D eigenvalue weighted by molar-refractivity contribution is -0.135. The van der Waals surface area contributed by atoms with Crippen LogP contribution in [0.25, 0.3) is 0 Å². The van der Waals surface area contributed by atoms with Gasteiger partial charge in [-0.1, -0.05) is 0 Å². The maximum Gasteiger partial charge on any atom is 0.241 e. The molecule has 0 bridgehead atoms. The fraction of sp³-hybridized carbons (Fsp3) is 0.917. The van der Waals surface area contributed by atoms with E-state index in [1.54, 1.807) is 7.11 Å². The molecule has 1 amide bonds. The van der Waals surface area contributed by atoms with E-state index in [1.165, 1.54) is 6.42 Å². The van der Waals surface area contributed by atoms with Gasteiger partial charge in [-0.3, -0.25) is 4.79 Å². The molecule has 2 N–H and O–H groups in total. The lowest BCUT2D eigenvalue weighted by Gasteiger charge is -2.36. The third kappa shape index (κ3) is 3.40. The first-order chi connectivity index (χ1) is 8.31. The first kappa shape index (κ1) is 12.8. The highest BCUT2D eigenvalue weighted by molar-refractivity contribution is 5.82. The standard InChI is InChI=1S/C12H23N3O2/c1-17-9-10-3-2-6-15(8-10)12(16)11-7-13-4-5-14-11/h10-11,13-14H,2-9H2,1H3. The van der Waals surface area contributed by atoms with Crippen molar-refractivity contribution in [3.05, 3.63) is 0 Å². The predicted octanol–water partition coefficient (Wildman–Crippen LogP) is -0.567. The van der Waals surface area contributed by atoms with Gasteiger partial charge in [0.25, 0.3) is 0 Å². The molecule has 2 saturated heterocycles. The number of nitrogens with zero attached hydrogens (tertiary/aromatic N) is 1. The molecule has 2 rings (SSSR count). The van der Waals surface area contributed by atoms with E-state index in [9.17, 15) is 4.79 Å². The number of likely N-dealkylation sites (tertiary alicyclic amines) is 1. The first-order valence-electron chi connectivity index (χ1n) is 6.53. The van der Waals surface area contributed by atoms with Crippen LogP contribution in [0.15, 0.2) is 0 Å². The zero-order valence-corrected chi connectivity index (χ0v) is 10.6. The van der Waals surface area contributed by atoms with Gasteiger partial charge in [-0.05, 0) is 18.8 Å². The number of ether oxygens (including phenoxy) is 1.